The van der Waals surface area contributed by atoms with E-state index >= 15 is 9.18 Å². The second-order valence-electron chi connectivity index (χ2n) is 12.6. The van der Waals surface area contributed by atoms with Gasteiger partial charge in [-0.2, -0.15) is 0 Å². The van der Waals surface area contributed by atoms with Crippen molar-refractivity contribution in [3.63, 3.8) is 0 Å². The Balaban J connectivity index is 1.45. The average molecular weight is 710 g/mol. The molecule has 4 heterocycles. The number of halogens is 2. The normalized spacial score (nSPS) is 22.1. The van der Waals surface area contributed by atoms with Crippen molar-refractivity contribution in [2.24, 2.45) is 0 Å². The van der Waals surface area contributed by atoms with E-state index in [2.05, 4.69) is 21.8 Å². The van der Waals surface area contributed by atoms with Crippen molar-refractivity contribution in [2.45, 2.75) is 35.9 Å². The number of aromatic nitrogens is 1. The average Bonchev–Trinajstić information content (AvgIpc) is 3.86. The number of fused-ring (bicyclic) bond motifs is 1. The van der Waals surface area contributed by atoms with Gasteiger partial charge in [0, 0.05) is 56.5 Å². The molecule has 2 saturated heterocycles. The first-order valence-corrected chi connectivity index (χ1v) is 17.9. The summed E-state index contributed by atoms with van der Waals surface area (Å²) in [5.41, 5.74) is -0.373. The molecule has 3 aliphatic heterocycles. The van der Waals surface area contributed by atoms with E-state index in [9.17, 15) is 8.42 Å². The molecule has 258 valence electrons. The summed E-state index contributed by atoms with van der Waals surface area (Å²) in [4.78, 5) is 26.2. The molecule has 7 rings (SSSR count). The number of hydrogen-bond donors (Lipinski definition) is 0. The molecule has 2 fully saturated rings. The van der Waals surface area contributed by atoms with Gasteiger partial charge in [-0.25, -0.2) is 22.1 Å². The highest BCUT2D eigenvalue weighted by Gasteiger charge is 2.63. The lowest BCUT2D eigenvalue weighted by Gasteiger charge is -2.41. The monoisotopic (exact) mass is 709 g/mol. The van der Waals surface area contributed by atoms with Crippen molar-refractivity contribution in [1.29, 1.82) is 0 Å². The van der Waals surface area contributed by atoms with E-state index in [0.717, 1.165) is 37.8 Å². The lowest BCUT2D eigenvalue weighted by molar-refractivity contribution is -0.127. The van der Waals surface area contributed by atoms with Crippen LogP contribution in [0.5, 0.6) is 11.5 Å². The van der Waals surface area contributed by atoms with Crippen molar-refractivity contribution >= 4 is 33.2 Å². The number of anilines is 1. The lowest BCUT2D eigenvalue weighted by Crippen LogP contribution is -2.54. The zero-order valence-electron chi connectivity index (χ0n) is 27.4. The molecule has 11 nitrogen and oxygen atoms in total. The Labute approximate surface area is 289 Å². The van der Waals surface area contributed by atoms with Crippen LogP contribution in [0.1, 0.15) is 41.5 Å². The number of carbonyl (C=O) groups is 1. The summed E-state index contributed by atoms with van der Waals surface area (Å²) in [6.45, 7) is 4.76. The predicted molar refractivity (Wildman–Crippen MR) is 181 cm³/mol. The molecule has 2 atom stereocenters. The number of likely N-dealkylation sites (tertiary alicyclic amines) is 1. The van der Waals surface area contributed by atoms with Crippen molar-refractivity contribution in [3.05, 3.63) is 100 Å². The number of nitrogens with zero attached hydrogens (tertiary/aromatic N) is 5. The summed E-state index contributed by atoms with van der Waals surface area (Å²) in [5, 5.41) is -0.253. The molecule has 0 N–H and O–H groups in total. The van der Waals surface area contributed by atoms with E-state index in [1.165, 1.54) is 57.0 Å². The van der Waals surface area contributed by atoms with Crippen molar-refractivity contribution in [2.75, 3.05) is 58.3 Å². The van der Waals surface area contributed by atoms with Gasteiger partial charge in [0.25, 0.3) is 15.9 Å². The largest absolute Gasteiger partial charge is 0.497 e. The fraction of sp³-hybridized carbons (Fsp3) is 0.371. The first-order chi connectivity index (χ1) is 23.6. The molecule has 3 aliphatic rings. The fourth-order valence-electron chi connectivity index (χ4n) is 7.37. The van der Waals surface area contributed by atoms with Crippen molar-refractivity contribution < 1.29 is 31.5 Å². The first-order valence-electron chi connectivity index (χ1n) is 16.1. The van der Waals surface area contributed by atoms with Crippen LogP contribution in [0.2, 0.25) is 5.02 Å². The molecule has 0 bridgehead atoms. The number of piperazine rings is 1. The number of likely N-dealkylation sites (N-methyl/N-ethyl adjacent to an activating group) is 1. The third kappa shape index (κ3) is 5.57. The summed E-state index contributed by atoms with van der Waals surface area (Å²) in [5.74, 6) is -0.483. The maximum atomic E-state index is 15.4. The standard InChI is InChI=1S/C35H37ClFN5O6S/c1-39-14-16-40(17-15-39)22-23-6-11-26(32(19-23)47-3)35(41-13-4-5-30(41)33-38-12-18-48-33)27-20-28(36)29(37)21-31(27)42(34(35)43)49(44,45)25-9-7-24(46-2)8-10-25/h6-12,18-21,30H,4-5,13-17,22H2,1-3H3. The molecule has 14 heteroatoms. The summed E-state index contributed by atoms with van der Waals surface area (Å²) >= 11 is 6.47. The topological polar surface area (TPSA) is 109 Å². The van der Waals surface area contributed by atoms with Crippen LogP contribution in [0, 0.1) is 5.82 Å². The molecular formula is C35H37ClFN5O6S. The lowest BCUT2D eigenvalue weighted by atomic mass is 9.80. The SMILES string of the molecule is COc1ccc(S(=O)(=O)N2C(=O)C(c3ccc(CN4CCN(C)CC4)cc3OC)(N3CCCC3c3ncco3)c3cc(Cl)c(F)cc32)cc1. The summed E-state index contributed by atoms with van der Waals surface area (Å²) in [6, 6.07) is 13.2. The molecule has 0 radical (unpaired) electrons. The first kappa shape index (κ1) is 33.5. The number of ether oxygens (including phenoxy) is 2. The maximum Gasteiger partial charge on any atom is 0.271 e. The van der Waals surface area contributed by atoms with Gasteiger partial charge < -0.3 is 18.8 Å². The van der Waals surface area contributed by atoms with E-state index in [4.69, 9.17) is 25.5 Å². The Kier molecular flexibility index (Phi) is 8.90. The van der Waals surface area contributed by atoms with Gasteiger partial charge in [0.05, 0.1) is 42.1 Å². The van der Waals surface area contributed by atoms with Gasteiger partial charge in [0.1, 0.15) is 23.6 Å². The minimum absolute atomic E-state index is 0.135. The van der Waals surface area contributed by atoms with Gasteiger partial charge in [-0.1, -0.05) is 23.7 Å². The van der Waals surface area contributed by atoms with Crippen LogP contribution in [0.25, 0.3) is 0 Å². The minimum atomic E-state index is -4.59. The van der Waals surface area contributed by atoms with E-state index in [0.29, 0.717) is 53.2 Å². The number of carbonyl (C=O) groups excluding carboxylic acids is 1. The molecule has 1 amide bonds. The van der Waals surface area contributed by atoms with Gasteiger partial charge in [-0.3, -0.25) is 14.6 Å². The van der Waals surface area contributed by atoms with Gasteiger partial charge in [0.15, 0.2) is 5.54 Å². The van der Waals surface area contributed by atoms with Gasteiger partial charge in [-0.15, -0.1) is 0 Å². The van der Waals surface area contributed by atoms with Gasteiger partial charge in [-0.05, 0) is 61.9 Å². The Hall–Kier alpha value is -4.01. The molecule has 0 spiro atoms. The Bertz CT molecular complexity index is 1970. The van der Waals surface area contributed by atoms with Crippen LogP contribution >= 0.6 is 11.6 Å². The molecule has 49 heavy (non-hydrogen) atoms. The Morgan fingerprint density at radius 3 is 2.43 bits per heavy atom. The van der Waals surface area contributed by atoms with E-state index < -0.39 is 33.3 Å². The van der Waals surface area contributed by atoms with E-state index in [1.807, 2.05) is 23.1 Å². The maximum absolute atomic E-state index is 15.4. The molecule has 1 aromatic heterocycles. The third-order valence-electron chi connectivity index (χ3n) is 9.82. The van der Waals surface area contributed by atoms with Crippen molar-refractivity contribution in [3.8, 4) is 11.5 Å². The number of amides is 1. The third-order valence-corrected chi connectivity index (χ3v) is 11.8. The summed E-state index contributed by atoms with van der Waals surface area (Å²) in [6.07, 6.45) is 4.23. The molecule has 3 aromatic carbocycles. The number of sulfonamides is 1. The van der Waals surface area contributed by atoms with Crippen LogP contribution in [-0.4, -0.2) is 88.0 Å². The highest BCUT2D eigenvalue weighted by molar-refractivity contribution is 7.93. The van der Waals surface area contributed by atoms with Crippen LogP contribution in [0.15, 0.2) is 76.4 Å². The molecule has 4 aromatic rings. The van der Waals surface area contributed by atoms with Crippen LogP contribution in [0.3, 0.4) is 0 Å². The number of benzene rings is 3. The zero-order chi connectivity index (χ0) is 34.5. The molecular weight excluding hydrogens is 673 g/mol. The molecule has 0 aliphatic carbocycles. The Morgan fingerprint density at radius 2 is 1.76 bits per heavy atom. The smallest absolute Gasteiger partial charge is 0.271 e. The van der Waals surface area contributed by atoms with Crippen LogP contribution < -0.4 is 13.8 Å². The number of rotatable bonds is 9. The highest BCUT2D eigenvalue weighted by Crippen LogP contribution is 2.57. The quantitative estimate of drug-likeness (QED) is 0.234. The number of oxazole rings is 1. The highest BCUT2D eigenvalue weighted by atomic mass is 35.5. The molecule has 2 unspecified atom stereocenters. The zero-order valence-corrected chi connectivity index (χ0v) is 29.0. The number of methoxy groups -OCH3 is 2. The van der Waals surface area contributed by atoms with Gasteiger partial charge >= 0.3 is 0 Å². The second-order valence-corrected chi connectivity index (χ2v) is 14.8. The summed E-state index contributed by atoms with van der Waals surface area (Å²) < 4.78 is 62.2. The van der Waals surface area contributed by atoms with Crippen LogP contribution in [-0.2, 0) is 26.9 Å². The summed E-state index contributed by atoms with van der Waals surface area (Å²) in [7, 11) is 0.503. The van der Waals surface area contributed by atoms with Crippen LogP contribution in [0.4, 0.5) is 10.1 Å². The van der Waals surface area contributed by atoms with E-state index in [-0.39, 0.29) is 21.2 Å². The van der Waals surface area contributed by atoms with E-state index in [1.54, 1.807) is 0 Å². The van der Waals surface area contributed by atoms with Crippen molar-refractivity contribution in [1.82, 2.24) is 19.7 Å². The van der Waals surface area contributed by atoms with Gasteiger partial charge in [0.2, 0.25) is 5.89 Å². The number of hydrogen-bond acceptors (Lipinski definition) is 10. The minimum Gasteiger partial charge on any atom is -0.497 e. The fourth-order valence-corrected chi connectivity index (χ4v) is 8.99. The Morgan fingerprint density at radius 1 is 1.00 bits per heavy atom. The molecule has 0 saturated carbocycles. The second kappa shape index (κ2) is 13.0. The predicted octanol–water partition coefficient (Wildman–Crippen LogP) is 5.05.